The normalized spacial score (nSPS) is 20.9. The largest absolute Gasteiger partial charge is 0.433 e. The summed E-state index contributed by atoms with van der Waals surface area (Å²) >= 11 is 5.60. The number of hydrogen-bond acceptors (Lipinski definition) is 4. The quantitative estimate of drug-likeness (QED) is 0.730. The Balaban J connectivity index is 1.59. The van der Waals surface area contributed by atoms with Gasteiger partial charge in [-0.25, -0.2) is 4.79 Å². The molecule has 0 aliphatic carbocycles. The Morgan fingerprint density at radius 2 is 1.90 bits per heavy atom. The maximum Gasteiger partial charge on any atom is 0.417 e. The van der Waals surface area contributed by atoms with Gasteiger partial charge < -0.3 is 10.1 Å². The summed E-state index contributed by atoms with van der Waals surface area (Å²) in [4.78, 5) is 38.5. The lowest BCUT2D eigenvalue weighted by atomic mass is 10.1. The second-order valence-electron chi connectivity index (χ2n) is 6.88. The summed E-state index contributed by atoms with van der Waals surface area (Å²) < 4.78 is 44.5. The minimum atomic E-state index is -4.69. The number of rotatable bonds is 3. The Kier molecular flexibility index (Phi) is 4.93. The summed E-state index contributed by atoms with van der Waals surface area (Å²) in [6, 6.07) is 8.50. The van der Waals surface area contributed by atoms with E-state index in [9.17, 15) is 27.6 Å². The molecule has 2 amide bonds. The van der Waals surface area contributed by atoms with Gasteiger partial charge in [0.2, 0.25) is 18.0 Å². The molecule has 0 saturated carbocycles. The number of hydrogen-bond donors (Lipinski definition) is 1. The molecule has 0 aromatic heterocycles. The van der Waals surface area contributed by atoms with Gasteiger partial charge >= 0.3 is 12.1 Å². The van der Waals surface area contributed by atoms with Crippen molar-refractivity contribution >= 4 is 35.1 Å². The van der Waals surface area contributed by atoms with Crippen molar-refractivity contribution in [2.75, 3.05) is 5.32 Å². The Hall–Kier alpha value is -3.07. The molecule has 10 heteroatoms. The Labute approximate surface area is 173 Å². The van der Waals surface area contributed by atoms with Crippen LogP contribution in [0.25, 0.3) is 0 Å². The Morgan fingerprint density at radius 1 is 1.17 bits per heavy atom. The van der Waals surface area contributed by atoms with E-state index < -0.39 is 46.8 Å². The third-order valence-electron chi connectivity index (χ3n) is 5.02. The van der Waals surface area contributed by atoms with Gasteiger partial charge in [0, 0.05) is 17.7 Å². The molecule has 2 aromatic rings. The molecular weight excluding hydrogens is 425 g/mol. The van der Waals surface area contributed by atoms with Crippen LogP contribution in [0, 0.1) is 0 Å². The van der Waals surface area contributed by atoms with Crippen LogP contribution in [-0.2, 0) is 20.5 Å². The number of carbonyl (C=O) groups is 3. The van der Waals surface area contributed by atoms with Crippen molar-refractivity contribution in [1.82, 2.24) is 4.90 Å². The van der Waals surface area contributed by atoms with Crippen molar-refractivity contribution in [3.63, 3.8) is 0 Å². The van der Waals surface area contributed by atoms with E-state index in [1.165, 1.54) is 11.0 Å². The number of alkyl halides is 3. The molecule has 2 aromatic carbocycles. The average molecular weight is 439 g/mol. The van der Waals surface area contributed by atoms with Crippen molar-refractivity contribution in [2.45, 2.75) is 31.3 Å². The summed E-state index contributed by atoms with van der Waals surface area (Å²) in [5, 5.41) is 1.91. The van der Waals surface area contributed by atoms with Crippen LogP contribution in [0.1, 0.15) is 40.6 Å². The van der Waals surface area contributed by atoms with Gasteiger partial charge in [0.25, 0.3) is 0 Å². The highest BCUT2D eigenvalue weighted by molar-refractivity contribution is 6.31. The zero-order valence-electron chi connectivity index (χ0n) is 15.2. The molecule has 1 fully saturated rings. The standard InChI is InChI=1S/C20H14ClF3N2O4/c21-14-6-5-10(9-13(14)20(22,23)24)25-17(28)15-7-8-16(27)26(15)18-11-3-1-2-4-12(11)19(29)30-18/h1-6,9,15,18H,7-8H2,(H,25,28)/t15-,18+/m1/s1. The average Bonchev–Trinajstić information content (AvgIpc) is 3.22. The van der Waals surface area contributed by atoms with Gasteiger partial charge in [-0.2, -0.15) is 13.2 Å². The van der Waals surface area contributed by atoms with E-state index in [1.807, 2.05) is 0 Å². The van der Waals surface area contributed by atoms with Gasteiger partial charge in [-0.1, -0.05) is 29.8 Å². The second kappa shape index (κ2) is 7.32. The number of fused-ring (bicyclic) bond motifs is 1. The zero-order valence-corrected chi connectivity index (χ0v) is 16.0. The van der Waals surface area contributed by atoms with E-state index >= 15 is 0 Å². The molecular formula is C20H14ClF3N2O4. The number of esters is 1. The number of carbonyl (C=O) groups excluding carboxylic acids is 3. The molecule has 4 rings (SSSR count). The number of ether oxygens (including phenoxy) is 1. The van der Waals surface area contributed by atoms with E-state index in [0.29, 0.717) is 11.1 Å². The first-order valence-corrected chi connectivity index (χ1v) is 9.33. The third-order valence-corrected chi connectivity index (χ3v) is 5.35. The van der Waals surface area contributed by atoms with E-state index in [-0.39, 0.29) is 18.5 Å². The lowest BCUT2D eigenvalue weighted by molar-refractivity contribution is -0.144. The molecule has 2 aliphatic rings. The van der Waals surface area contributed by atoms with Gasteiger partial charge in [-0.05, 0) is 30.7 Å². The minimum Gasteiger partial charge on any atom is -0.433 e. The van der Waals surface area contributed by atoms with Crippen LogP contribution in [-0.4, -0.2) is 28.7 Å². The second-order valence-corrected chi connectivity index (χ2v) is 7.29. The van der Waals surface area contributed by atoms with Gasteiger partial charge in [-0.15, -0.1) is 0 Å². The van der Waals surface area contributed by atoms with E-state index in [0.717, 1.165) is 12.1 Å². The van der Waals surface area contributed by atoms with Crippen LogP contribution in [0.2, 0.25) is 5.02 Å². The van der Waals surface area contributed by atoms with E-state index in [4.69, 9.17) is 16.3 Å². The first kappa shape index (κ1) is 20.2. The van der Waals surface area contributed by atoms with Crippen LogP contribution in [0.15, 0.2) is 42.5 Å². The number of amides is 2. The number of anilines is 1. The van der Waals surface area contributed by atoms with Crippen LogP contribution in [0.5, 0.6) is 0 Å². The van der Waals surface area contributed by atoms with Gasteiger partial charge in [0.05, 0.1) is 16.1 Å². The molecule has 2 atom stereocenters. The highest BCUT2D eigenvalue weighted by atomic mass is 35.5. The molecule has 6 nitrogen and oxygen atoms in total. The van der Waals surface area contributed by atoms with E-state index in [1.54, 1.807) is 24.3 Å². The number of nitrogens with zero attached hydrogens (tertiary/aromatic N) is 1. The van der Waals surface area contributed by atoms with Crippen molar-refractivity contribution in [1.29, 1.82) is 0 Å². The minimum absolute atomic E-state index is 0.0444. The smallest absolute Gasteiger partial charge is 0.417 e. The van der Waals surface area contributed by atoms with Crippen LogP contribution in [0.3, 0.4) is 0 Å². The number of halogens is 4. The Bertz CT molecular complexity index is 1060. The molecule has 1 N–H and O–H groups in total. The SMILES string of the molecule is O=C1O[C@H](N2C(=O)CC[C@@H]2C(=O)Nc2ccc(Cl)c(C(F)(F)F)c2)c2ccccc21. The van der Waals surface area contributed by atoms with Crippen LogP contribution >= 0.6 is 11.6 Å². The zero-order chi connectivity index (χ0) is 21.6. The molecule has 0 unspecified atom stereocenters. The number of likely N-dealkylation sites (tertiary alicyclic amines) is 1. The van der Waals surface area contributed by atoms with Gasteiger partial charge in [0.15, 0.2) is 0 Å². The van der Waals surface area contributed by atoms with Crippen molar-refractivity contribution < 1.29 is 32.3 Å². The Morgan fingerprint density at radius 3 is 2.63 bits per heavy atom. The highest BCUT2D eigenvalue weighted by Crippen LogP contribution is 2.39. The van der Waals surface area contributed by atoms with Crippen molar-refractivity contribution in [3.05, 3.63) is 64.2 Å². The fourth-order valence-electron chi connectivity index (χ4n) is 3.63. The lowest BCUT2D eigenvalue weighted by Gasteiger charge is -2.29. The first-order chi connectivity index (χ1) is 14.2. The topological polar surface area (TPSA) is 75.7 Å². The fourth-order valence-corrected chi connectivity index (χ4v) is 3.86. The number of benzene rings is 2. The molecule has 0 radical (unpaired) electrons. The maximum atomic E-state index is 13.1. The summed E-state index contributed by atoms with van der Waals surface area (Å²) in [6.07, 6.45) is -5.56. The van der Waals surface area contributed by atoms with E-state index in [2.05, 4.69) is 5.32 Å². The molecule has 2 heterocycles. The molecule has 0 bridgehead atoms. The van der Waals surface area contributed by atoms with Crippen LogP contribution < -0.4 is 5.32 Å². The maximum absolute atomic E-state index is 13.1. The first-order valence-electron chi connectivity index (χ1n) is 8.95. The molecule has 30 heavy (non-hydrogen) atoms. The molecule has 156 valence electrons. The fraction of sp³-hybridized carbons (Fsp3) is 0.250. The third kappa shape index (κ3) is 3.49. The van der Waals surface area contributed by atoms with Crippen molar-refractivity contribution in [3.8, 4) is 0 Å². The summed E-state index contributed by atoms with van der Waals surface area (Å²) in [5.41, 5.74) is -0.435. The molecule has 0 spiro atoms. The van der Waals surface area contributed by atoms with Gasteiger partial charge in [-0.3, -0.25) is 14.5 Å². The highest BCUT2D eigenvalue weighted by Gasteiger charge is 2.46. The number of nitrogens with one attached hydrogen (secondary N) is 1. The summed E-state index contributed by atoms with van der Waals surface area (Å²) in [7, 11) is 0. The van der Waals surface area contributed by atoms with Crippen LogP contribution in [0.4, 0.5) is 18.9 Å². The summed E-state index contributed by atoms with van der Waals surface area (Å²) in [5.74, 6) is -1.68. The van der Waals surface area contributed by atoms with Crippen molar-refractivity contribution in [2.24, 2.45) is 0 Å². The van der Waals surface area contributed by atoms with Gasteiger partial charge in [0.1, 0.15) is 6.04 Å². The lowest BCUT2D eigenvalue weighted by Crippen LogP contribution is -2.43. The molecule has 2 aliphatic heterocycles. The predicted octanol–water partition coefficient (Wildman–Crippen LogP) is 4.16. The predicted molar refractivity (Wildman–Crippen MR) is 99.6 cm³/mol. The molecule has 1 saturated heterocycles. The monoisotopic (exact) mass is 438 g/mol. The number of cyclic esters (lactones) is 1. The summed E-state index contributed by atoms with van der Waals surface area (Å²) in [6.45, 7) is 0.